The molecule has 1 aromatic carbocycles. The molecule has 0 aliphatic rings. The molecule has 0 aliphatic carbocycles. The summed E-state index contributed by atoms with van der Waals surface area (Å²) in [6, 6.07) is 14.0. The van der Waals surface area contributed by atoms with Gasteiger partial charge >= 0.3 is 6.03 Å². The van der Waals surface area contributed by atoms with Gasteiger partial charge in [-0.3, -0.25) is 0 Å². The van der Waals surface area contributed by atoms with Gasteiger partial charge in [-0.1, -0.05) is 36.4 Å². The maximum atomic E-state index is 12.7. The topological polar surface area (TPSA) is 52.6 Å². The van der Waals surface area contributed by atoms with Crippen molar-refractivity contribution in [2.45, 2.75) is 45.4 Å². The van der Waals surface area contributed by atoms with Crippen molar-refractivity contribution >= 4 is 17.4 Å². The molecule has 0 aliphatic heterocycles. The van der Waals surface area contributed by atoms with Crippen molar-refractivity contribution in [1.82, 2.24) is 10.2 Å². The molecule has 0 bridgehead atoms. The zero-order valence-corrected chi connectivity index (χ0v) is 15.3. The molecule has 2 N–H and O–H groups in total. The monoisotopic (exact) mass is 346 g/mol. The predicted octanol–water partition coefficient (Wildman–Crippen LogP) is 3.83. The Hall–Kier alpha value is -1.85. The fourth-order valence-corrected chi connectivity index (χ4v) is 3.38. The Morgan fingerprint density at radius 2 is 1.88 bits per heavy atom. The number of nitrogens with zero attached hydrogens (tertiary/aromatic N) is 1. The van der Waals surface area contributed by atoms with Crippen LogP contribution in [0.2, 0.25) is 0 Å². The van der Waals surface area contributed by atoms with Crippen LogP contribution >= 0.6 is 11.3 Å². The molecular formula is C19H26N2O2S. The second-order valence-corrected chi connectivity index (χ2v) is 7.28. The minimum atomic E-state index is -0.549. The van der Waals surface area contributed by atoms with Crippen LogP contribution in [0.5, 0.6) is 0 Å². The Kier molecular flexibility index (Phi) is 6.82. The molecule has 5 heteroatoms. The third-order valence-electron chi connectivity index (χ3n) is 3.81. The highest BCUT2D eigenvalue weighted by atomic mass is 32.1. The van der Waals surface area contributed by atoms with Gasteiger partial charge in [0, 0.05) is 17.5 Å². The summed E-state index contributed by atoms with van der Waals surface area (Å²) in [5, 5.41) is 14.8. The van der Waals surface area contributed by atoms with E-state index in [1.807, 2.05) is 49.6 Å². The average molecular weight is 346 g/mol. The van der Waals surface area contributed by atoms with Crippen LogP contribution in [0.25, 0.3) is 0 Å². The van der Waals surface area contributed by atoms with Gasteiger partial charge in [-0.05, 0) is 44.2 Å². The number of aliphatic hydroxyl groups is 1. The molecule has 2 rings (SSSR count). The van der Waals surface area contributed by atoms with Crippen LogP contribution in [-0.2, 0) is 6.42 Å². The van der Waals surface area contributed by atoms with Crippen LogP contribution in [0.4, 0.5) is 4.79 Å². The standard InChI is InChI=1S/C19H26N2O2S/c1-14(2)21(13-15(3)22)19(23)20-17(18-10-7-11-24-18)12-16-8-5-4-6-9-16/h4-11,14-15,17,22H,12-13H2,1-3H3,(H,20,23). The molecule has 1 heterocycles. The van der Waals surface area contributed by atoms with Gasteiger partial charge in [-0.25, -0.2) is 4.79 Å². The van der Waals surface area contributed by atoms with Gasteiger partial charge in [0.05, 0.1) is 12.1 Å². The maximum absolute atomic E-state index is 12.7. The number of aliphatic hydroxyl groups excluding tert-OH is 1. The van der Waals surface area contributed by atoms with Crippen molar-refractivity contribution in [3.05, 3.63) is 58.3 Å². The summed E-state index contributed by atoms with van der Waals surface area (Å²) in [6.07, 6.45) is 0.195. The Morgan fingerprint density at radius 1 is 1.17 bits per heavy atom. The van der Waals surface area contributed by atoms with Gasteiger partial charge in [0.15, 0.2) is 0 Å². The van der Waals surface area contributed by atoms with Crippen LogP contribution in [-0.4, -0.2) is 34.7 Å². The number of hydrogen-bond donors (Lipinski definition) is 2. The molecule has 0 fully saturated rings. The number of benzene rings is 1. The second-order valence-electron chi connectivity index (χ2n) is 6.30. The Morgan fingerprint density at radius 3 is 2.42 bits per heavy atom. The first kappa shape index (κ1) is 18.5. The third-order valence-corrected chi connectivity index (χ3v) is 4.80. The number of hydrogen-bond acceptors (Lipinski definition) is 3. The minimum absolute atomic E-state index is 0.0281. The van der Waals surface area contributed by atoms with Gasteiger partial charge in [0.1, 0.15) is 0 Å². The zero-order valence-electron chi connectivity index (χ0n) is 14.5. The highest BCUT2D eigenvalue weighted by Gasteiger charge is 2.23. The van der Waals surface area contributed by atoms with E-state index in [1.165, 1.54) is 5.56 Å². The van der Waals surface area contributed by atoms with Crippen LogP contribution in [0.3, 0.4) is 0 Å². The largest absolute Gasteiger partial charge is 0.392 e. The molecule has 2 unspecified atom stereocenters. The van der Waals surface area contributed by atoms with Gasteiger partial charge in [-0.2, -0.15) is 0 Å². The number of rotatable bonds is 7. The molecule has 2 amide bonds. The van der Waals surface area contributed by atoms with E-state index in [0.29, 0.717) is 6.54 Å². The smallest absolute Gasteiger partial charge is 0.318 e. The summed E-state index contributed by atoms with van der Waals surface area (Å²) in [6.45, 7) is 5.94. The number of thiophene rings is 1. The molecule has 0 saturated heterocycles. The van der Waals surface area contributed by atoms with Crippen LogP contribution in [0.1, 0.15) is 37.3 Å². The molecule has 2 aromatic rings. The first-order valence-corrected chi connectivity index (χ1v) is 9.18. The Balaban J connectivity index is 2.14. The first-order chi connectivity index (χ1) is 11.5. The number of carbonyl (C=O) groups excluding carboxylic acids is 1. The quantitative estimate of drug-likeness (QED) is 0.800. The molecular weight excluding hydrogens is 320 g/mol. The zero-order chi connectivity index (χ0) is 17.5. The van der Waals surface area contributed by atoms with Crippen molar-refractivity contribution < 1.29 is 9.90 Å². The molecule has 0 spiro atoms. The van der Waals surface area contributed by atoms with Gasteiger partial charge in [-0.15, -0.1) is 11.3 Å². The molecule has 0 saturated carbocycles. The lowest BCUT2D eigenvalue weighted by molar-refractivity contribution is 0.117. The third kappa shape index (κ3) is 5.35. The Labute approximate surface area is 148 Å². The normalized spacial score (nSPS) is 13.5. The summed E-state index contributed by atoms with van der Waals surface area (Å²) in [5.74, 6) is 0. The van der Waals surface area contributed by atoms with Crippen LogP contribution < -0.4 is 5.32 Å². The summed E-state index contributed by atoms with van der Waals surface area (Å²) in [5.41, 5.74) is 1.18. The van der Waals surface area contributed by atoms with Crippen molar-refractivity contribution in [1.29, 1.82) is 0 Å². The molecule has 130 valence electrons. The van der Waals surface area contributed by atoms with Crippen molar-refractivity contribution in [2.75, 3.05) is 6.54 Å². The Bertz CT molecular complexity index is 612. The summed E-state index contributed by atoms with van der Waals surface area (Å²) >= 11 is 1.64. The van der Waals surface area contributed by atoms with Crippen molar-refractivity contribution in [3.63, 3.8) is 0 Å². The van der Waals surface area contributed by atoms with E-state index in [2.05, 4.69) is 17.4 Å². The molecule has 24 heavy (non-hydrogen) atoms. The van der Waals surface area contributed by atoms with Gasteiger partial charge in [0.25, 0.3) is 0 Å². The average Bonchev–Trinajstić information content (AvgIpc) is 3.07. The summed E-state index contributed by atoms with van der Waals surface area (Å²) in [7, 11) is 0. The fourth-order valence-electron chi connectivity index (χ4n) is 2.61. The number of carbonyl (C=O) groups is 1. The first-order valence-electron chi connectivity index (χ1n) is 8.30. The lowest BCUT2D eigenvalue weighted by Gasteiger charge is -2.30. The van der Waals surface area contributed by atoms with E-state index in [-0.39, 0.29) is 18.1 Å². The van der Waals surface area contributed by atoms with E-state index in [1.54, 1.807) is 23.2 Å². The lowest BCUT2D eigenvalue weighted by atomic mass is 10.0. The summed E-state index contributed by atoms with van der Waals surface area (Å²) < 4.78 is 0. The fraction of sp³-hybridized carbons (Fsp3) is 0.421. The summed E-state index contributed by atoms with van der Waals surface area (Å²) in [4.78, 5) is 15.5. The van der Waals surface area contributed by atoms with Gasteiger partial charge < -0.3 is 15.3 Å². The van der Waals surface area contributed by atoms with Crippen molar-refractivity contribution in [2.24, 2.45) is 0 Å². The predicted molar refractivity (Wildman–Crippen MR) is 99.3 cm³/mol. The number of nitrogens with one attached hydrogen (secondary N) is 1. The lowest BCUT2D eigenvalue weighted by Crippen LogP contribution is -2.48. The minimum Gasteiger partial charge on any atom is -0.392 e. The van der Waals surface area contributed by atoms with Gasteiger partial charge in [0.2, 0.25) is 0 Å². The van der Waals surface area contributed by atoms with Crippen molar-refractivity contribution in [3.8, 4) is 0 Å². The molecule has 4 nitrogen and oxygen atoms in total. The molecule has 1 aromatic heterocycles. The van der Waals surface area contributed by atoms with E-state index < -0.39 is 6.10 Å². The van der Waals surface area contributed by atoms with E-state index in [4.69, 9.17) is 0 Å². The highest BCUT2D eigenvalue weighted by molar-refractivity contribution is 7.10. The van der Waals surface area contributed by atoms with Crippen LogP contribution in [0.15, 0.2) is 47.8 Å². The number of amides is 2. The molecule has 2 atom stereocenters. The van der Waals surface area contributed by atoms with E-state index in [0.717, 1.165) is 11.3 Å². The van der Waals surface area contributed by atoms with Crippen LogP contribution in [0, 0.1) is 0 Å². The van der Waals surface area contributed by atoms with E-state index >= 15 is 0 Å². The molecule has 0 radical (unpaired) electrons. The SMILES string of the molecule is CC(O)CN(C(=O)NC(Cc1ccccc1)c1cccs1)C(C)C. The maximum Gasteiger partial charge on any atom is 0.318 e. The second kappa shape index (κ2) is 8.85. The van der Waals surface area contributed by atoms with E-state index in [9.17, 15) is 9.90 Å². The highest BCUT2D eigenvalue weighted by Crippen LogP contribution is 2.23. The number of urea groups is 1.